The van der Waals surface area contributed by atoms with E-state index in [1.54, 1.807) is 0 Å². The number of benzene rings is 1. The Morgan fingerprint density at radius 2 is 1.93 bits per heavy atom. The van der Waals surface area contributed by atoms with Crippen LogP contribution in [-0.2, 0) is 6.61 Å². The molecule has 0 spiro atoms. The third kappa shape index (κ3) is 1.56. The number of hydrogen-bond acceptors (Lipinski definition) is 1. The van der Waals surface area contributed by atoms with Gasteiger partial charge in [-0.05, 0) is 30.7 Å². The van der Waals surface area contributed by atoms with Crippen LogP contribution in [0.3, 0.4) is 0 Å². The summed E-state index contributed by atoms with van der Waals surface area (Å²) >= 11 is 0. The summed E-state index contributed by atoms with van der Waals surface area (Å²) in [5.74, 6) is 0. The van der Waals surface area contributed by atoms with Gasteiger partial charge in [0.15, 0.2) is 0 Å². The third-order valence-corrected chi connectivity index (χ3v) is 2.29. The lowest BCUT2D eigenvalue weighted by Crippen LogP contribution is -1.93. The maximum absolute atomic E-state index is 9.01. The topological polar surface area (TPSA) is 25.2 Å². The molecule has 0 unspecified atom stereocenters. The quantitative estimate of drug-likeness (QED) is 0.766. The molecular weight excluding hydrogens is 174 g/mol. The van der Waals surface area contributed by atoms with Crippen molar-refractivity contribution in [2.24, 2.45) is 0 Å². The Bertz CT molecular complexity index is 417. The summed E-state index contributed by atoms with van der Waals surface area (Å²) in [4.78, 5) is 0. The molecule has 1 aromatic heterocycles. The van der Waals surface area contributed by atoms with Crippen LogP contribution in [0.5, 0.6) is 0 Å². The molecule has 0 fully saturated rings. The third-order valence-electron chi connectivity index (χ3n) is 2.29. The summed E-state index contributed by atoms with van der Waals surface area (Å²) < 4.78 is 2.07. The van der Waals surface area contributed by atoms with Gasteiger partial charge in [0.2, 0.25) is 0 Å². The molecule has 0 saturated carbocycles. The summed E-state index contributed by atoms with van der Waals surface area (Å²) in [5.41, 5.74) is 3.22. The van der Waals surface area contributed by atoms with Gasteiger partial charge in [-0.2, -0.15) is 0 Å². The van der Waals surface area contributed by atoms with Crippen LogP contribution >= 0.6 is 0 Å². The first-order chi connectivity index (χ1) is 6.81. The Balaban J connectivity index is 2.46. The minimum atomic E-state index is 0.0979. The van der Waals surface area contributed by atoms with Crippen LogP contribution in [0.2, 0.25) is 0 Å². The van der Waals surface area contributed by atoms with Crippen molar-refractivity contribution in [1.29, 1.82) is 0 Å². The predicted molar refractivity (Wildman–Crippen MR) is 56.4 cm³/mol. The van der Waals surface area contributed by atoms with Crippen LogP contribution in [0.4, 0.5) is 0 Å². The maximum atomic E-state index is 9.01. The predicted octanol–water partition coefficient (Wildman–Crippen LogP) is 2.28. The van der Waals surface area contributed by atoms with Gasteiger partial charge in [0.25, 0.3) is 0 Å². The molecule has 0 saturated heterocycles. The molecule has 2 rings (SSSR count). The molecular formula is C12H13NO. The van der Waals surface area contributed by atoms with Crippen molar-refractivity contribution in [3.8, 4) is 5.69 Å². The number of aliphatic hydroxyl groups excluding tert-OH is 1. The highest BCUT2D eigenvalue weighted by Crippen LogP contribution is 2.14. The molecule has 2 heteroatoms. The molecule has 0 atom stereocenters. The van der Waals surface area contributed by atoms with E-state index in [1.165, 1.54) is 0 Å². The minimum Gasteiger partial charge on any atom is -0.392 e. The number of nitrogens with zero attached hydrogens (tertiary/aromatic N) is 1. The monoisotopic (exact) mass is 187 g/mol. The number of aliphatic hydroxyl groups is 1. The zero-order valence-electron chi connectivity index (χ0n) is 8.14. The second-order valence-corrected chi connectivity index (χ2v) is 3.35. The van der Waals surface area contributed by atoms with Gasteiger partial charge < -0.3 is 9.67 Å². The summed E-state index contributed by atoms with van der Waals surface area (Å²) in [6.07, 6.45) is 1.96. The SMILES string of the molecule is Cc1cc(CO)cn1-c1ccccc1. The lowest BCUT2D eigenvalue weighted by atomic mass is 10.3. The summed E-state index contributed by atoms with van der Waals surface area (Å²) in [5, 5.41) is 9.01. The maximum Gasteiger partial charge on any atom is 0.0696 e. The highest BCUT2D eigenvalue weighted by molar-refractivity contribution is 5.36. The first-order valence-electron chi connectivity index (χ1n) is 4.65. The van der Waals surface area contributed by atoms with Crippen molar-refractivity contribution in [1.82, 2.24) is 4.57 Å². The second kappa shape index (κ2) is 3.68. The Hall–Kier alpha value is -1.54. The van der Waals surface area contributed by atoms with E-state index in [9.17, 15) is 0 Å². The smallest absolute Gasteiger partial charge is 0.0696 e. The van der Waals surface area contributed by atoms with E-state index >= 15 is 0 Å². The van der Waals surface area contributed by atoms with E-state index in [0.29, 0.717) is 0 Å². The molecule has 14 heavy (non-hydrogen) atoms. The van der Waals surface area contributed by atoms with Crippen molar-refractivity contribution < 1.29 is 5.11 Å². The van der Waals surface area contributed by atoms with Gasteiger partial charge in [0.1, 0.15) is 0 Å². The van der Waals surface area contributed by atoms with Crippen LogP contribution in [0.25, 0.3) is 5.69 Å². The Morgan fingerprint density at radius 3 is 2.50 bits per heavy atom. The van der Waals surface area contributed by atoms with Crippen molar-refractivity contribution >= 4 is 0 Å². The Labute approximate surface area is 83.4 Å². The van der Waals surface area contributed by atoms with Crippen LogP contribution < -0.4 is 0 Å². The molecule has 0 aliphatic carbocycles. The van der Waals surface area contributed by atoms with Crippen molar-refractivity contribution in [2.45, 2.75) is 13.5 Å². The fourth-order valence-corrected chi connectivity index (χ4v) is 1.60. The van der Waals surface area contributed by atoms with Gasteiger partial charge in [0, 0.05) is 17.6 Å². The summed E-state index contributed by atoms with van der Waals surface area (Å²) in [7, 11) is 0. The molecule has 72 valence electrons. The number of aryl methyl sites for hydroxylation is 1. The molecule has 0 radical (unpaired) electrons. The molecule has 0 bridgehead atoms. The van der Waals surface area contributed by atoms with Gasteiger partial charge in [-0.25, -0.2) is 0 Å². The zero-order valence-corrected chi connectivity index (χ0v) is 8.14. The standard InChI is InChI=1S/C12H13NO/c1-10-7-11(9-14)8-13(10)12-5-3-2-4-6-12/h2-8,14H,9H2,1H3. The average molecular weight is 187 g/mol. The van der Waals surface area contributed by atoms with Gasteiger partial charge in [-0.15, -0.1) is 0 Å². The van der Waals surface area contributed by atoms with Gasteiger partial charge >= 0.3 is 0 Å². The highest BCUT2D eigenvalue weighted by Gasteiger charge is 2.02. The van der Waals surface area contributed by atoms with E-state index in [0.717, 1.165) is 16.9 Å². The van der Waals surface area contributed by atoms with Crippen molar-refractivity contribution in [3.05, 3.63) is 53.9 Å². The van der Waals surface area contributed by atoms with Gasteiger partial charge in [-0.1, -0.05) is 18.2 Å². The number of para-hydroxylation sites is 1. The van der Waals surface area contributed by atoms with Crippen molar-refractivity contribution in [2.75, 3.05) is 0 Å². The highest BCUT2D eigenvalue weighted by atomic mass is 16.3. The Morgan fingerprint density at radius 1 is 1.21 bits per heavy atom. The van der Waals surface area contributed by atoms with E-state index in [1.807, 2.05) is 49.5 Å². The van der Waals surface area contributed by atoms with E-state index in [4.69, 9.17) is 5.11 Å². The minimum absolute atomic E-state index is 0.0979. The van der Waals surface area contributed by atoms with E-state index in [-0.39, 0.29) is 6.61 Å². The van der Waals surface area contributed by atoms with Crippen LogP contribution in [0, 0.1) is 6.92 Å². The normalized spacial score (nSPS) is 10.4. The molecule has 1 aromatic carbocycles. The zero-order chi connectivity index (χ0) is 9.97. The molecule has 2 nitrogen and oxygen atoms in total. The van der Waals surface area contributed by atoms with Crippen LogP contribution in [0.1, 0.15) is 11.3 Å². The molecule has 2 aromatic rings. The second-order valence-electron chi connectivity index (χ2n) is 3.35. The van der Waals surface area contributed by atoms with E-state index < -0.39 is 0 Å². The van der Waals surface area contributed by atoms with Gasteiger partial charge in [-0.3, -0.25) is 0 Å². The molecule has 0 amide bonds. The summed E-state index contributed by atoms with van der Waals surface area (Å²) in [6, 6.07) is 12.1. The van der Waals surface area contributed by atoms with E-state index in [2.05, 4.69) is 4.57 Å². The fraction of sp³-hybridized carbons (Fsp3) is 0.167. The first kappa shape index (κ1) is 9.03. The average Bonchev–Trinajstić information content (AvgIpc) is 2.61. The number of hydrogen-bond donors (Lipinski definition) is 1. The van der Waals surface area contributed by atoms with Crippen LogP contribution in [-0.4, -0.2) is 9.67 Å². The van der Waals surface area contributed by atoms with Crippen molar-refractivity contribution in [3.63, 3.8) is 0 Å². The van der Waals surface area contributed by atoms with Crippen LogP contribution in [0.15, 0.2) is 42.6 Å². The molecule has 0 aliphatic rings. The molecule has 1 heterocycles. The lowest BCUT2D eigenvalue weighted by Gasteiger charge is -2.04. The Kier molecular flexibility index (Phi) is 2.37. The van der Waals surface area contributed by atoms with Gasteiger partial charge in [0.05, 0.1) is 6.61 Å². The molecule has 0 aliphatic heterocycles. The largest absolute Gasteiger partial charge is 0.392 e. The lowest BCUT2D eigenvalue weighted by molar-refractivity contribution is 0.282. The summed E-state index contributed by atoms with van der Waals surface area (Å²) in [6.45, 7) is 2.13. The first-order valence-corrected chi connectivity index (χ1v) is 4.65. The fourth-order valence-electron chi connectivity index (χ4n) is 1.60. The molecule has 1 N–H and O–H groups in total. The number of rotatable bonds is 2. The number of aromatic nitrogens is 1.